The van der Waals surface area contributed by atoms with Gasteiger partial charge >= 0.3 is 8.20 Å². The van der Waals surface area contributed by atoms with Crippen LogP contribution in [-0.4, -0.2) is 22.6 Å². The molecule has 0 saturated heterocycles. The van der Waals surface area contributed by atoms with Gasteiger partial charge in [0.15, 0.2) is 12.8 Å². The molecular formula is C10H9O5P. The summed E-state index contributed by atoms with van der Waals surface area (Å²) < 4.78 is 14.6. The molecule has 5 nitrogen and oxygen atoms in total. The summed E-state index contributed by atoms with van der Waals surface area (Å²) in [6, 6.07) is 6.84. The minimum absolute atomic E-state index is 0.0924. The van der Waals surface area contributed by atoms with Crippen molar-refractivity contribution < 1.29 is 23.9 Å². The molecule has 0 amide bonds. The molecule has 16 heavy (non-hydrogen) atoms. The summed E-state index contributed by atoms with van der Waals surface area (Å²) in [5.41, 5.74) is 1.01. The maximum atomic E-state index is 11.2. The lowest BCUT2D eigenvalue weighted by molar-refractivity contribution is 0.0994. The molecule has 0 unspecified atom stereocenters. The summed E-state index contributed by atoms with van der Waals surface area (Å²) in [5.74, 6) is -0.185. The average Bonchev–Trinajstić information content (AvgIpc) is 2.22. The molecule has 84 valence electrons. The number of benzene rings is 1. The third kappa shape index (κ3) is 3.24. The van der Waals surface area contributed by atoms with Crippen molar-refractivity contribution >= 4 is 19.8 Å². The predicted octanol–water partition coefficient (Wildman–Crippen LogP) is 0.982. The first kappa shape index (κ1) is 11.0. The molecule has 1 aromatic rings. The minimum Gasteiger partial charge on any atom is -0.326 e. The Hall–Kier alpha value is -1.55. The fourth-order valence-electron chi connectivity index (χ4n) is 1.24. The van der Waals surface area contributed by atoms with Crippen LogP contribution in [0.3, 0.4) is 0 Å². The zero-order valence-corrected chi connectivity index (χ0v) is 8.92. The van der Waals surface area contributed by atoms with Crippen molar-refractivity contribution in [1.29, 1.82) is 1.28 Å². The number of rotatable bonds is 0. The maximum Gasteiger partial charge on any atom is 0.314 e. The number of ketones is 2. The lowest BCUT2D eigenvalue weighted by Crippen LogP contribution is -2.10. The van der Waals surface area contributed by atoms with E-state index >= 15 is 0 Å². The largest absolute Gasteiger partial charge is 0.326 e. The van der Waals surface area contributed by atoms with E-state index in [1.54, 1.807) is 24.3 Å². The second-order valence-electron chi connectivity index (χ2n) is 2.86. The number of hydrogen-bond donors (Lipinski definition) is 2. The Labute approximate surface area is 93.3 Å². The summed E-state index contributed by atoms with van der Waals surface area (Å²) in [5, 5.41) is 0. The molecule has 0 heterocycles. The first-order chi connectivity index (χ1) is 7.79. The van der Waals surface area contributed by atoms with Crippen LogP contribution < -0.4 is 0 Å². The Kier molecular flexibility index (Phi) is 3.77. The number of allylic oxidation sites excluding steroid dienone is 2. The molecule has 0 aliphatic heterocycles. The number of carbonyl (C=O) groups excluding carboxylic acids is 2. The fraction of sp³-hybridized carbons (Fsp3) is 0. The lowest BCUT2D eigenvalue weighted by atomic mass is 9.95. The Morgan fingerprint density at radius 3 is 1.62 bits per heavy atom. The molecule has 1 aliphatic rings. The van der Waals surface area contributed by atoms with Crippen LogP contribution in [0.5, 0.6) is 0 Å². The van der Waals surface area contributed by atoms with E-state index in [0.29, 0.717) is 11.1 Å². The number of hydrogen-bond acceptors (Lipinski definition) is 3. The second-order valence-corrected chi connectivity index (χ2v) is 3.37. The van der Waals surface area contributed by atoms with Crippen molar-refractivity contribution in [2.75, 3.05) is 0 Å². The van der Waals surface area contributed by atoms with Gasteiger partial charge in [-0.1, -0.05) is 24.3 Å². The molecule has 0 bridgehead atoms. The van der Waals surface area contributed by atoms with Gasteiger partial charge in [0.2, 0.25) is 0 Å². The Morgan fingerprint density at radius 1 is 1.00 bits per heavy atom. The molecule has 0 spiro atoms. The summed E-state index contributed by atoms with van der Waals surface area (Å²) in [6.07, 6.45) is 2.62. The topological polar surface area (TPSA) is 91.7 Å². The lowest BCUT2D eigenvalue weighted by Gasteiger charge is -2.06. The van der Waals surface area contributed by atoms with Crippen molar-refractivity contribution in [3.8, 4) is 0 Å². The van der Waals surface area contributed by atoms with Gasteiger partial charge in [0, 0.05) is 11.1 Å². The quantitative estimate of drug-likeness (QED) is 0.660. The van der Waals surface area contributed by atoms with Crippen molar-refractivity contribution in [3.05, 3.63) is 47.5 Å². The summed E-state index contributed by atoms with van der Waals surface area (Å²) in [4.78, 5) is 37.0. The van der Waals surface area contributed by atoms with Crippen LogP contribution in [0, 0.1) is 0 Å². The molecule has 0 radical (unpaired) electrons. The van der Waals surface area contributed by atoms with Gasteiger partial charge in [-0.15, -0.1) is 0 Å². The van der Waals surface area contributed by atoms with Crippen molar-refractivity contribution in [1.82, 2.24) is 0 Å². The van der Waals surface area contributed by atoms with Gasteiger partial charge in [-0.2, -0.15) is 0 Å². The normalized spacial score (nSPS) is 14.8. The Bertz CT molecular complexity index is 486. The van der Waals surface area contributed by atoms with E-state index in [9.17, 15) is 9.59 Å². The van der Waals surface area contributed by atoms with E-state index in [1.165, 1.54) is 12.2 Å². The van der Waals surface area contributed by atoms with Gasteiger partial charge in [-0.3, -0.25) is 14.2 Å². The van der Waals surface area contributed by atoms with Crippen molar-refractivity contribution in [2.24, 2.45) is 0 Å². The van der Waals surface area contributed by atoms with Crippen LogP contribution in [0.25, 0.3) is 0 Å². The van der Waals surface area contributed by atoms with Gasteiger partial charge in [-0.25, -0.2) is 0 Å². The van der Waals surface area contributed by atoms with Crippen LogP contribution in [0.2, 0.25) is 0 Å². The zero-order chi connectivity index (χ0) is 13.1. The van der Waals surface area contributed by atoms with Crippen molar-refractivity contribution in [3.63, 3.8) is 0 Å². The van der Waals surface area contributed by atoms with E-state index < -0.39 is 8.20 Å². The molecule has 2 rings (SSSR count). The molecule has 0 atom stereocenters. The van der Waals surface area contributed by atoms with Gasteiger partial charge in [0.05, 0.1) is 0 Å². The predicted molar refractivity (Wildman–Crippen MR) is 57.7 cm³/mol. The summed E-state index contributed by atoms with van der Waals surface area (Å²) >= 11 is 0. The minimum atomic E-state index is -4.39. The average molecular weight is 241 g/mol. The number of carbonyl (C=O) groups is 2. The molecule has 1 aliphatic carbocycles. The molecule has 6 heteroatoms. The third-order valence-corrected chi connectivity index (χ3v) is 1.84. The number of fused-ring (bicyclic) bond motifs is 1. The molecule has 0 fully saturated rings. The van der Waals surface area contributed by atoms with Crippen LogP contribution in [0.1, 0.15) is 20.7 Å². The standard InChI is InChI=1S/C10H6O2.H3O3P/c11-9-5-6-10(12)8-4-2-1-3-7(8)9;1-4(2)3/h1-6H;4H,(H2,1,2,3)/i;4D. The van der Waals surface area contributed by atoms with E-state index in [1.807, 2.05) is 0 Å². The summed E-state index contributed by atoms with van der Waals surface area (Å²) in [6.45, 7) is 0. The van der Waals surface area contributed by atoms with Crippen LogP contribution in [-0.2, 0) is 4.57 Å². The highest BCUT2D eigenvalue weighted by Crippen LogP contribution is 2.15. The van der Waals surface area contributed by atoms with Gasteiger partial charge in [-0.05, 0) is 12.2 Å². The first-order valence-corrected chi connectivity index (χ1v) is 5.39. The smallest absolute Gasteiger partial charge is 0.314 e. The van der Waals surface area contributed by atoms with E-state index in [4.69, 9.17) is 15.6 Å². The molecular weight excluding hydrogens is 231 g/mol. The Morgan fingerprint density at radius 2 is 1.31 bits per heavy atom. The van der Waals surface area contributed by atoms with Gasteiger partial charge in [0.1, 0.15) is 0 Å². The fourth-order valence-corrected chi connectivity index (χ4v) is 1.24. The monoisotopic (exact) mass is 241 g/mol. The highest BCUT2D eigenvalue weighted by molar-refractivity contribution is 7.30. The SMILES string of the molecule is O=C1C=CC(=O)c2ccccc21.[2H]P(=O)(O)O. The Balaban J connectivity index is 0.000000249. The maximum absolute atomic E-state index is 11.2. The second kappa shape index (κ2) is 5.51. The van der Waals surface area contributed by atoms with Crippen LogP contribution in [0.4, 0.5) is 0 Å². The van der Waals surface area contributed by atoms with E-state index in [-0.39, 0.29) is 11.6 Å². The third-order valence-electron chi connectivity index (χ3n) is 1.84. The van der Waals surface area contributed by atoms with Gasteiger partial charge < -0.3 is 9.79 Å². The van der Waals surface area contributed by atoms with Gasteiger partial charge in [0.25, 0.3) is 0 Å². The molecule has 1 aromatic carbocycles. The van der Waals surface area contributed by atoms with E-state index in [2.05, 4.69) is 0 Å². The highest BCUT2D eigenvalue weighted by Gasteiger charge is 2.16. The molecule has 0 saturated carbocycles. The van der Waals surface area contributed by atoms with Crippen LogP contribution >= 0.6 is 8.20 Å². The van der Waals surface area contributed by atoms with E-state index in [0.717, 1.165) is 0 Å². The highest BCUT2D eigenvalue weighted by atomic mass is 31.1. The van der Waals surface area contributed by atoms with Crippen LogP contribution in [0.15, 0.2) is 36.4 Å². The summed E-state index contributed by atoms with van der Waals surface area (Å²) in [7, 11) is -4.39. The zero-order valence-electron chi connectivity index (χ0n) is 9.03. The van der Waals surface area contributed by atoms with Crippen molar-refractivity contribution in [2.45, 2.75) is 0 Å². The molecule has 2 N–H and O–H groups in total. The molecule has 0 aromatic heterocycles. The first-order valence-electron chi connectivity index (χ1n) is 4.68.